The van der Waals surface area contributed by atoms with Gasteiger partial charge in [-0.05, 0) is 37.7 Å². The minimum atomic E-state index is -0.875. The largest absolute Gasteiger partial charge is 0.478 e. The van der Waals surface area contributed by atoms with Crippen LogP contribution in [0.2, 0.25) is 0 Å². The number of benzene rings is 1. The summed E-state index contributed by atoms with van der Waals surface area (Å²) in [5.74, 6) is -0.875. The molecule has 0 aliphatic heterocycles. The number of likely N-dealkylation sites (N-methyl/N-ethyl adjacent to an activating group) is 1. The Morgan fingerprint density at radius 3 is 2.36 bits per heavy atom. The molecule has 0 radical (unpaired) electrons. The quantitative estimate of drug-likeness (QED) is 0.802. The molecule has 0 amide bonds. The number of carboxylic acid groups (broad SMARTS) is 1. The van der Waals surface area contributed by atoms with Crippen LogP contribution in [0.25, 0.3) is 0 Å². The first-order chi connectivity index (χ1) is 6.24. The van der Waals surface area contributed by atoms with Crippen LogP contribution in [-0.2, 0) is 6.42 Å². The first-order valence-electron chi connectivity index (χ1n) is 4.21. The molecule has 0 unspecified atom stereocenters. The summed E-state index contributed by atoms with van der Waals surface area (Å²) in [6.07, 6.45) is 0.927. The van der Waals surface area contributed by atoms with Gasteiger partial charge < -0.3 is 10.4 Å². The Bertz CT molecular complexity index is 285. The second kappa shape index (κ2) is 6.40. The molecule has 0 aliphatic carbocycles. The lowest BCUT2D eigenvalue weighted by Crippen LogP contribution is -2.10. The van der Waals surface area contributed by atoms with E-state index in [1.165, 1.54) is 0 Å². The van der Waals surface area contributed by atoms with E-state index in [0.717, 1.165) is 18.5 Å². The smallest absolute Gasteiger partial charge is 0.335 e. The monoisotopic (exact) mass is 215 g/mol. The summed E-state index contributed by atoms with van der Waals surface area (Å²) in [4.78, 5) is 10.5. The summed E-state index contributed by atoms with van der Waals surface area (Å²) in [6.45, 7) is 0.909. The molecule has 0 spiro atoms. The Hall–Kier alpha value is -1.06. The average molecular weight is 216 g/mol. The van der Waals surface area contributed by atoms with E-state index in [-0.39, 0.29) is 12.4 Å². The van der Waals surface area contributed by atoms with Crippen molar-refractivity contribution in [2.75, 3.05) is 13.6 Å². The fraction of sp³-hybridized carbons (Fsp3) is 0.300. The van der Waals surface area contributed by atoms with Crippen molar-refractivity contribution in [1.29, 1.82) is 0 Å². The molecule has 3 nitrogen and oxygen atoms in total. The molecule has 0 aromatic heterocycles. The van der Waals surface area contributed by atoms with Gasteiger partial charge in [0.1, 0.15) is 0 Å². The maximum Gasteiger partial charge on any atom is 0.335 e. The van der Waals surface area contributed by atoms with Gasteiger partial charge in [0.25, 0.3) is 0 Å². The zero-order chi connectivity index (χ0) is 9.68. The van der Waals surface area contributed by atoms with Gasteiger partial charge in [0.15, 0.2) is 0 Å². The molecule has 0 fully saturated rings. The van der Waals surface area contributed by atoms with Crippen LogP contribution in [0.4, 0.5) is 0 Å². The third-order valence-electron chi connectivity index (χ3n) is 1.86. The van der Waals surface area contributed by atoms with Crippen molar-refractivity contribution in [3.8, 4) is 0 Å². The Morgan fingerprint density at radius 1 is 1.36 bits per heavy atom. The summed E-state index contributed by atoms with van der Waals surface area (Å²) in [5.41, 5.74) is 1.49. The van der Waals surface area contributed by atoms with Gasteiger partial charge in [-0.3, -0.25) is 0 Å². The summed E-state index contributed by atoms with van der Waals surface area (Å²) < 4.78 is 0. The highest BCUT2D eigenvalue weighted by Crippen LogP contribution is 2.04. The zero-order valence-electron chi connectivity index (χ0n) is 7.99. The molecule has 0 atom stereocenters. The van der Waals surface area contributed by atoms with E-state index in [1.54, 1.807) is 12.1 Å². The van der Waals surface area contributed by atoms with Crippen molar-refractivity contribution in [1.82, 2.24) is 5.32 Å². The fourth-order valence-electron chi connectivity index (χ4n) is 1.08. The van der Waals surface area contributed by atoms with E-state index in [1.807, 2.05) is 19.2 Å². The summed E-state index contributed by atoms with van der Waals surface area (Å²) >= 11 is 0. The summed E-state index contributed by atoms with van der Waals surface area (Å²) in [6, 6.07) is 6.96. The number of halogens is 1. The molecule has 4 heteroatoms. The maximum absolute atomic E-state index is 10.5. The zero-order valence-corrected chi connectivity index (χ0v) is 8.80. The van der Waals surface area contributed by atoms with Crippen LogP contribution in [0.15, 0.2) is 24.3 Å². The van der Waals surface area contributed by atoms with Crippen LogP contribution in [0.5, 0.6) is 0 Å². The number of carbonyl (C=O) groups is 1. The minimum absolute atomic E-state index is 0. The molecule has 78 valence electrons. The van der Waals surface area contributed by atoms with Crippen LogP contribution in [-0.4, -0.2) is 24.7 Å². The standard InChI is InChI=1S/C10H13NO2.ClH/c1-11-7-6-8-2-4-9(5-3-8)10(12)13;/h2-5,11H,6-7H2,1H3,(H,12,13);1H. The maximum atomic E-state index is 10.5. The number of hydrogen-bond acceptors (Lipinski definition) is 2. The Morgan fingerprint density at radius 2 is 1.93 bits per heavy atom. The van der Waals surface area contributed by atoms with Crippen molar-refractivity contribution >= 4 is 18.4 Å². The lowest BCUT2D eigenvalue weighted by atomic mass is 10.1. The predicted molar refractivity (Wildman–Crippen MR) is 58.3 cm³/mol. The molecule has 1 rings (SSSR count). The van der Waals surface area contributed by atoms with Gasteiger partial charge in [-0.2, -0.15) is 0 Å². The van der Waals surface area contributed by atoms with Gasteiger partial charge in [0.05, 0.1) is 5.56 Å². The first-order valence-corrected chi connectivity index (χ1v) is 4.21. The molecule has 1 aromatic carbocycles. The number of nitrogens with one attached hydrogen (secondary N) is 1. The number of rotatable bonds is 4. The molecule has 14 heavy (non-hydrogen) atoms. The fourth-order valence-corrected chi connectivity index (χ4v) is 1.08. The minimum Gasteiger partial charge on any atom is -0.478 e. The highest BCUT2D eigenvalue weighted by Gasteiger charge is 2.00. The van der Waals surface area contributed by atoms with Gasteiger partial charge in [0, 0.05) is 0 Å². The SMILES string of the molecule is CNCCc1ccc(C(=O)O)cc1.Cl. The summed E-state index contributed by atoms with van der Waals surface area (Å²) in [5, 5.41) is 11.7. The molecule has 0 saturated carbocycles. The predicted octanol–water partition coefficient (Wildman–Crippen LogP) is 1.57. The molecular formula is C10H14ClNO2. The molecule has 0 aliphatic rings. The van der Waals surface area contributed by atoms with E-state index in [2.05, 4.69) is 5.32 Å². The van der Waals surface area contributed by atoms with Crippen LogP contribution in [0, 0.1) is 0 Å². The number of carboxylic acids is 1. The van der Waals surface area contributed by atoms with Gasteiger partial charge in [-0.1, -0.05) is 12.1 Å². The van der Waals surface area contributed by atoms with Crippen LogP contribution < -0.4 is 5.32 Å². The third kappa shape index (κ3) is 3.77. The summed E-state index contributed by atoms with van der Waals surface area (Å²) in [7, 11) is 1.89. The molecule has 1 aromatic rings. The molecule has 2 N–H and O–H groups in total. The average Bonchev–Trinajstić information content (AvgIpc) is 2.15. The normalized spacial score (nSPS) is 9.21. The lowest BCUT2D eigenvalue weighted by Gasteiger charge is -2.00. The van der Waals surface area contributed by atoms with Crippen molar-refractivity contribution in [2.45, 2.75) is 6.42 Å². The van der Waals surface area contributed by atoms with E-state index in [0.29, 0.717) is 5.56 Å². The highest BCUT2D eigenvalue weighted by molar-refractivity contribution is 5.87. The van der Waals surface area contributed by atoms with Crippen molar-refractivity contribution in [3.05, 3.63) is 35.4 Å². The van der Waals surface area contributed by atoms with Crippen molar-refractivity contribution < 1.29 is 9.90 Å². The topological polar surface area (TPSA) is 49.3 Å². The van der Waals surface area contributed by atoms with Crippen LogP contribution >= 0.6 is 12.4 Å². The molecule has 0 heterocycles. The van der Waals surface area contributed by atoms with Crippen molar-refractivity contribution in [3.63, 3.8) is 0 Å². The third-order valence-corrected chi connectivity index (χ3v) is 1.86. The van der Waals surface area contributed by atoms with Gasteiger partial charge >= 0.3 is 5.97 Å². The Kier molecular flexibility index (Phi) is 5.92. The number of hydrogen-bond donors (Lipinski definition) is 2. The van der Waals surface area contributed by atoms with Gasteiger partial charge in [0.2, 0.25) is 0 Å². The van der Waals surface area contributed by atoms with E-state index in [4.69, 9.17) is 5.11 Å². The van der Waals surface area contributed by atoms with E-state index < -0.39 is 5.97 Å². The Balaban J connectivity index is 0.00000169. The van der Waals surface area contributed by atoms with Gasteiger partial charge in [-0.25, -0.2) is 4.79 Å². The first kappa shape index (κ1) is 12.9. The second-order valence-corrected chi connectivity index (χ2v) is 2.86. The van der Waals surface area contributed by atoms with E-state index in [9.17, 15) is 4.79 Å². The van der Waals surface area contributed by atoms with Crippen molar-refractivity contribution in [2.24, 2.45) is 0 Å². The number of aromatic carboxylic acids is 1. The van der Waals surface area contributed by atoms with E-state index >= 15 is 0 Å². The van der Waals surface area contributed by atoms with Gasteiger partial charge in [-0.15, -0.1) is 12.4 Å². The molecule has 0 bridgehead atoms. The lowest BCUT2D eigenvalue weighted by molar-refractivity contribution is 0.0697. The second-order valence-electron chi connectivity index (χ2n) is 2.86. The van der Waals surface area contributed by atoms with Crippen LogP contribution in [0.3, 0.4) is 0 Å². The molecule has 0 saturated heterocycles. The molecular weight excluding hydrogens is 202 g/mol. The van der Waals surface area contributed by atoms with Crippen LogP contribution in [0.1, 0.15) is 15.9 Å². The Labute approximate surface area is 89.5 Å². The highest BCUT2D eigenvalue weighted by atomic mass is 35.5.